The van der Waals surface area contributed by atoms with Crippen molar-refractivity contribution < 1.29 is 19.1 Å². The molecule has 170 valence electrons. The van der Waals surface area contributed by atoms with Crippen LogP contribution in [0.5, 0.6) is 5.75 Å². The van der Waals surface area contributed by atoms with E-state index in [0.29, 0.717) is 34.6 Å². The van der Waals surface area contributed by atoms with Crippen LogP contribution < -0.4 is 15.0 Å². The largest absolute Gasteiger partial charge is 0.494 e. The van der Waals surface area contributed by atoms with Gasteiger partial charge in [0, 0.05) is 25.2 Å². The van der Waals surface area contributed by atoms with Crippen LogP contribution in [0.1, 0.15) is 20.3 Å². The van der Waals surface area contributed by atoms with E-state index in [0.717, 1.165) is 5.75 Å². The first kappa shape index (κ1) is 23.9. The number of benzene rings is 2. The van der Waals surface area contributed by atoms with Crippen LogP contribution >= 0.6 is 23.2 Å². The molecule has 0 radical (unpaired) electrons. The highest BCUT2D eigenvalue weighted by molar-refractivity contribution is 6.39. The van der Waals surface area contributed by atoms with Crippen LogP contribution in [0, 0.1) is 5.92 Å². The maximum atomic E-state index is 13.1. The van der Waals surface area contributed by atoms with Crippen molar-refractivity contribution >= 4 is 52.3 Å². The number of ether oxygens (including phenoxy) is 1. The molecule has 0 aliphatic carbocycles. The van der Waals surface area contributed by atoms with Gasteiger partial charge in [-0.2, -0.15) is 0 Å². The third-order valence-corrected chi connectivity index (χ3v) is 5.82. The van der Waals surface area contributed by atoms with Gasteiger partial charge in [-0.3, -0.25) is 14.4 Å². The Hall–Kier alpha value is -2.77. The lowest BCUT2D eigenvalue weighted by Crippen LogP contribution is -2.42. The van der Waals surface area contributed by atoms with E-state index >= 15 is 0 Å². The van der Waals surface area contributed by atoms with Crippen LogP contribution in [0.15, 0.2) is 42.5 Å². The quantitative estimate of drug-likeness (QED) is 0.616. The molecule has 1 saturated heterocycles. The Morgan fingerprint density at radius 2 is 1.78 bits per heavy atom. The highest BCUT2D eigenvalue weighted by atomic mass is 35.5. The monoisotopic (exact) mass is 477 g/mol. The maximum absolute atomic E-state index is 13.1. The zero-order chi connectivity index (χ0) is 23.3. The minimum absolute atomic E-state index is 0.0977. The summed E-state index contributed by atoms with van der Waals surface area (Å²) in [7, 11) is 0. The Kier molecular flexibility index (Phi) is 7.99. The molecule has 1 heterocycles. The number of hydrogen-bond donors (Lipinski definition) is 1. The predicted molar refractivity (Wildman–Crippen MR) is 125 cm³/mol. The Labute approximate surface area is 197 Å². The molecule has 32 heavy (non-hydrogen) atoms. The number of carbonyl (C=O) groups is 3. The smallest absolute Gasteiger partial charge is 0.244 e. The molecule has 1 unspecified atom stereocenters. The first-order chi connectivity index (χ1) is 15.3. The fourth-order valence-electron chi connectivity index (χ4n) is 3.58. The number of halogens is 2. The molecule has 0 spiro atoms. The summed E-state index contributed by atoms with van der Waals surface area (Å²) in [5.41, 5.74) is 1.02. The average Bonchev–Trinajstić information content (AvgIpc) is 3.16. The van der Waals surface area contributed by atoms with Crippen molar-refractivity contribution in [1.82, 2.24) is 4.90 Å². The van der Waals surface area contributed by atoms with Crippen molar-refractivity contribution in [2.75, 3.05) is 36.5 Å². The average molecular weight is 478 g/mol. The van der Waals surface area contributed by atoms with E-state index in [4.69, 9.17) is 27.9 Å². The summed E-state index contributed by atoms with van der Waals surface area (Å²) in [6, 6.07) is 12.1. The standard InChI is InChI=1S/C23H25Cl2N3O4/c1-3-27(14-20(29)26-22-18(24)6-5-7-19(22)25)23(31)15-12-21(30)28(13-15)16-8-10-17(11-9-16)32-4-2/h5-11,15H,3-4,12-14H2,1-2H3,(H,26,29). The van der Waals surface area contributed by atoms with Gasteiger partial charge in [0.1, 0.15) is 5.75 Å². The molecule has 1 atom stereocenters. The molecule has 1 aliphatic rings. The van der Waals surface area contributed by atoms with Crippen molar-refractivity contribution in [3.8, 4) is 5.75 Å². The predicted octanol–water partition coefficient (Wildman–Crippen LogP) is 4.23. The van der Waals surface area contributed by atoms with Gasteiger partial charge >= 0.3 is 0 Å². The minimum atomic E-state index is -0.522. The number of rotatable bonds is 8. The second-order valence-corrected chi connectivity index (χ2v) is 8.14. The third-order valence-electron chi connectivity index (χ3n) is 5.19. The number of carbonyl (C=O) groups excluding carboxylic acids is 3. The molecule has 2 aromatic rings. The molecule has 1 N–H and O–H groups in total. The number of nitrogens with zero attached hydrogens (tertiary/aromatic N) is 2. The molecule has 3 amide bonds. The molecule has 1 fully saturated rings. The maximum Gasteiger partial charge on any atom is 0.244 e. The van der Waals surface area contributed by atoms with Gasteiger partial charge in [0.05, 0.1) is 34.8 Å². The number of para-hydroxylation sites is 1. The molecule has 0 bridgehead atoms. The first-order valence-electron chi connectivity index (χ1n) is 10.4. The van der Waals surface area contributed by atoms with Crippen molar-refractivity contribution in [3.05, 3.63) is 52.5 Å². The van der Waals surface area contributed by atoms with Crippen molar-refractivity contribution in [3.63, 3.8) is 0 Å². The lowest BCUT2D eigenvalue weighted by atomic mass is 10.1. The van der Waals surface area contributed by atoms with Crippen molar-refractivity contribution in [1.29, 1.82) is 0 Å². The minimum Gasteiger partial charge on any atom is -0.494 e. The fraction of sp³-hybridized carbons (Fsp3) is 0.348. The van der Waals surface area contributed by atoms with Gasteiger partial charge in [-0.05, 0) is 50.2 Å². The van der Waals surface area contributed by atoms with Gasteiger partial charge in [-0.25, -0.2) is 0 Å². The Morgan fingerprint density at radius 3 is 2.38 bits per heavy atom. The van der Waals surface area contributed by atoms with Crippen LogP contribution in [0.4, 0.5) is 11.4 Å². The van der Waals surface area contributed by atoms with Gasteiger partial charge in [0.2, 0.25) is 17.7 Å². The van der Waals surface area contributed by atoms with E-state index < -0.39 is 11.8 Å². The lowest BCUT2D eigenvalue weighted by Gasteiger charge is -2.24. The molecule has 0 saturated carbocycles. The zero-order valence-corrected chi connectivity index (χ0v) is 19.4. The van der Waals surface area contributed by atoms with Crippen LogP contribution in [0.3, 0.4) is 0 Å². The number of nitrogens with one attached hydrogen (secondary N) is 1. The normalized spacial score (nSPS) is 15.6. The Balaban J connectivity index is 1.63. The fourth-order valence-corrected chi connectivity index (χ4v) is 4.08. The summed E-state index contributed by atoms with van der Waals surface area (Å²) in [4.78, 5) is 41.2. The van der Waals surface area contributed by atoms with Crippen LogP contribution in [-0.4, -0.2) is 48.9 Å². The Bertz CT molecular complexity index is 977. The van der Waals surface area contributed by atoms with Gasteiger partial charge < -0.3 is 19.9 Å². The van der Waals surface area contributed by atoms with E-state index in [-0.39, 0.29) is 31.3 Å². The van der Waals surface area contributed by atoms with E-state index in [1.165, 1.54) is 4.90 Å². The molecule has 1 aliphatic heterocycles. The molecule has 0 aromatic heterocycles. The topological polar surface area (TPSA) is 79.0 Å². The molecule has 9 heteroatoms. The van der Waals surface area contributed by atoms with Gasteiger partial charge in [0.15, 0.2) is 0 Å². The van der Waals surface area contributed by atoms with E-state index in [1.54, 1.807) is 54.3 Å². The molecule has 2 aromatic carbocycles. The van der Waals surface area contributed by atoms with Crippen LogP contribution in [-0.2, 0) is 14.4 Å². The van der Waals surface area contributed by atoms with Crippen LogP contribution in [0.2, 0.25) is 10.0 Å². The summed E-state index contributed by atoms with van der Waals surface area (Å²) >= 11 is 12.2. The summed E-state index contributed by atoms with van der Waals surface area (Å²) in [5, 5.41) is 3.29. The zero-order valence-electron chi connectivity index (χ0n) is 17.9. The van der Waals surface area contributed by atoms with Gasteiger partial charge in [-0.1, -0.05) is 29.3 Å². The number of amides is 3. The SMILES string of the molecule is CCOc1ccc(N2CC(C(=O)N(CC)CC(=O)Nc3c(Cl)cccc3Cl)CC2=O)cc1. The second-order valence-electron chi connectivity index (χ2n) is 7.33. The second kappa shape index (κ2) is 10.7. The highest BCUT2D eigenvalue weighted by Crippen LogP contribution is 2.30. The lowest BCUT2D eigenvalue weighted by molar-refractivity contribution is -0.138. The molecular formula is C23H25Cl2N3O4. The summed E-state index contributed by atoms with van der Waals surface area (Å²) in [6.45, 7) is 4.67. The van der Waals surface area contributed by atoms with Crippen LogP contribution in [0.25, 0.3) is 0 Å². The summed E-state index contributed by atoms with van der Waals surface area (Å²) in [5.74, 6) is -0.587. The van der Waals surface area contributed by atoms with E-state index in [1.807, 2.05) is 6.92 Å². The van der Waals surface area contributed by atoms with Crippen molar-refractivity contribution in [2.24, 2.45) is 5.92 Å². The summed E-state index contributed by atoms with van der Waals surface area (Å²) in [6.07, 6.45) is 0.0977. The summed E-state index contributed by atoms with van der Waals surface area (Å²) < 4.78 is 5.43. The van der Waals surface area contributed by atoms with Gasteiger partial charge in [0.25, 0.3) is 0 Å². The van der Waals surface area contributed by atoms with Crippen molar-refractivity contribution in [2.45, 2.75) is 20.3 Å². The Morgan fingerprint density at radius 1 is 1.12 bits per heavy atom. The number of likely N-dealkylation sites (N-methyl/N-ethyl adjacent to an activating group) is 1. The number of anilines is 2. The third kappa shape index (κ3) is 5.53. The van der Waals surface area contributed by atoms with E-state index in [2.05, 4.69) is 5.32 Å². The van der Waals surface area contributed by atoms with E-state index in [9.17, 15) is 14.4 Å². The van der Waals surface area contributed by atoms with Gasteiger partial charge in [-0.15, -0.1) is 0 Å². The highest BCUT2D eigenvalue weighted by Gasteiger charge is 2.37. The molecule has 3 rings (SSSR count). The molecular weight excluding hydrogens is 453 g/mol. The number of hydrogen-bond acceptors (Lipinski definition) is 4. The molecule has 7 nitrogen and oxygen atoms in total. The first-order valence-corrected chi connectivity index (χ1v) is 11.2.